The molecule has 2 aliphatic carbocycles. The second-order valence-electron chi connectivity index (χ2n) is 12.3. The Labute approximate surface area is 300 Å². The molecule has 0 atom stereocenters. The van der Waals surface area contributed by atoms with E-state index < -0.39 is 0 Å². The zero-order valence-electron chi connectivity index (χ0n) is 31.9. The van der Waals surface area contributed by atoms with Crippen LogP contribution < -0.4 is 5.73 Å². The zero-order chi connectivity index (χ0) is 36.3. The highest BCUT2D eigenvalue weighted by Gasteiger charge is 2.44. The van der Waals surface area contributed by atoms with Crippen molar-refractivity contribution in [3.63, 3.8) is 0 Å². The first kappa shape index (κ1) is 41.1. The van der Waals surface area contributed by atoms with Crippen LogP contribution in [-0.4, -0.2) is 0 Å². The lowest BCUT2D eigenvalue weighted by atomic mass is 9.57. The van der Waals surface area contributed by atoms with Crippen LogP contribution >= 0.6 is 0 Å². The monoisotopic (exact) mass is 657 g/mol. The Morgan fingerprint density at radius 1 is 0.551 bits per heavy atom. The van der Waals surface area contributed by atoms with Gasteiger partial charge in [0.1, 0.15) is 0 Å². The van der Waals surface area contributed by atoms with Gasteiger partial charge in [-0.05, 0) is 115 Å². The first-order valence-corrected chi connectivity index (χ1v) is 19.2. The standard InChI is InChI=1S/C39H40N2.4C2H6/c1-2-29-8-12-34(13-9-29)38(33-6-4-3-5-7-33)24-20-31(21-25-38)32-22-26-39(27-23-32,36-16-18-37(41)19-17-36)35-14-10-30(28-40)11-15-35;4*1-2/h2-19,31-32H,1,20-27,41H2;4*1-2H3. The normalized spacial score (nSPS) is 22.3. The van der Waals surface area contributed by atoms with Crippen LogP contribution in [0.2, 0.25) is 0 Å². The molecular weight excluding hydrogens is 593 g/mol. The van der Waals surface area contributed by atoms with Crippen LogP contribution in [-0.2, 0) is 10.8 Å². The fourth-order valence-electron chi connectivity index (χ4n) is 8.06. The van der Waals surface area contributed by atoms with Gasteiger partial charge in [0.05, 0.1) is 11.6 Å². The Morgan fingerprint density at radius 2 is 0.898 bits per heavy atom. The molecule has 0 aliphatic heterocycles. The number of anilines is 1. The van der Waals surface area contributed by atoms with E-state index in [1.54, 1.807) is 0 Å². The van der Waals surface area contributed by atoms with Crippen LogP contribution in [0.15, 0.2) is 110 Å². The van der Waals surface area contributed by atoms with E-state index in [1.165, 1.54) is 66.3 Å². The van der Waals surface area contributed by atoms with Gasteiger partial charge < -0.3 is 5.73 Å². The van der Waals surface area contributed by atoms with Crippen molar-refractivity contribution in [1.29, 1.82) is 5.26 Å². The molecule has 0 heterocycles. The lowest BCUT2D eigenvalue weighted by molar-refractivity contribution is 0.141. The Morgan fingerprint density at radius 3 is 1.27 bits per heavy atom. The second kappa shape index (κ2) is 21.1. The Kier molecular flexibility index (Phi) is 17.7. The Hall–Kier alpha value is -4.09. The molecule has 0 saturated heterocycles. The van der Waals surface area contributed by atoms with E-state index in [9.17, 15) is 5.26 Å². The van der Waals surface area contributed by atoms with E-state index in [1.807, 2.05) is 85.7 Å². The van der Waals surface area contributed by atoms with Crippen molar-refractivity contribution >= 4 is 11.8 Å². The number of hydrogen-bond donors (Lipinski definition) is 1. The molecule has 2 N–H and O–H groups in total. The van der Waals surface area contributed by atoms with Crippen LogP contribution in [0.1, 0.15) is 140 Å². The molecule has 0 aromatic heterocycles. The molecule has 0 spiro atoms. The molecule has 4 aromatic rings. The van der Waals surface area contributed by atoms with Crippen LogP contribution in [0.5, 0.6) is 0 Å². The van der Waals surface area contributed by atoms with Crippen molar-refractivity contribution < 1.29 is 0 Å². The van der Waals surface area contributed by atoms with Gasteiger partial charge in [0.2, 0.25) is 0 Å². The lowest BCUT2D eigenvalue weighted by Crippen LogP contribution is -2.38. The van der Waals surface area contributed by atoms with Crippen molar-refractivity contribution in [1.82, 2.24) is 0 Å². The third-order valence-corrected chi connectivity index (χ3v) is 10.5. The quantitative estimate of drug-likeness (QED) is 0.210. The molecule has 4 aromatic carbocycles. The first-order chi connectivity index (χ1) is 24.1. The van der Waals surface area contributed by atoms with Gasteiger partial charge in [0.25, 0.3) is 0 Å². The SMILES string of the molecule is C=Cc1ccc(C2(c3ccccc3)CCC(C3CCC(c4ccc(N)cc4)(c4ccc(C#N)cc4)CC3)CC2)cc1.CC.CC.CC.CC. The molecule has 0 unspecified atom stereocenters. The van der Waals surface area contributed by atoms with Gasteiger partial charge in [-0.1, -0.05) is 147 Å². The molecule has 2 heteroatoms. The van der Waals surface area contributed by atoms with Crippen molar-refractivity contribution in [2.24, 2.45) is 11.8 Å². The van der Waals surface area contributed by atoms with Gasteiger partial charge in [-0.3, -0.25) is 0 Å². The predicted molar refractivity (Wildman–Crippen MR) is 216 cm³/mol. The van der Waals surface area contributed by atoms with Crippen LogP contribution in [0, 0.1) is 23.2 Å². The Bertz CT molecular complexity index is 1490. The molecule has 49 heavy (non-hydrogen) atoms. The summed E-state index contributed by atoms with van der Waals surface area (Å²) in [6.45, 7) is 20.0. The number of nitriles is 1. The molecule has 2 nitrogen and oxygen atoms in total. The minimum Gasteiger partial charge on any atom is -0.399 e. The minimum atomic E-state index is -0.0203. The highest BCUT2D eigenvalue weighted by molar-refractivity contribution is 5.50. The molecule has 6 rings (SSSR count). The molecule has 0 radical (unpaired) electrons. The molecule has 2 aliphatic rings. The number of nitrogen functional groups attached to an aromatic ring is 1. The summed E-state index contributed by atoms with van der Waals surface area (Å²) in [5, 5.41) is 9.37. The molecule has 0 amide bonds. The summed E-state index contributed by atoms with van der Waals surface area (Å²) in [5.74, 6) is 1.52. The van der Waals surface area contributed by atoms with Crippen LogP contribution in [0.25, 0.3) is 6.08 Å². The maximum absolute atomic E-state index is 9.37. The molecular formula is C47H64N2. The number of benzene rings is 4. The van der Waals surface area contributed by atoms with E-state index in [0.29, 0.717) is 0 Å². The average Bonchev–Trinajstić information content (AvgIpc) is 3.22. The lowest BCUT2D eigenvalue weighted by Gasteiger charge is -2.47. The fraction of sp³-hybridized carbons (Fsp3) is 0.426. The van der Waals surface area contributed by atoms with Gasteiger partial charge >= 0.3 is 0 Å². The smallest absolute Gasteiger partial charge is 0.0991 e. The molecule has 0 bridgehead atoms. The fourth-order valence-corrected chi connectivity index (χ4v) is 8.06. The van der Waals surface area contributed by atoms with Gasteiger partial charge in [-0.15, -0.1) is 0 Å². The van der Waals surface area contributed by atoms with E-state index in [2.05, 4.69) is 91.5 Å². The van der Waals surface area contributed by atoms with Crippen molar-refractivity contribution in [2.75, 3.05) is 5.73 Å². The molecule has 2 saturated carbocycles. The predicted octanol–water partition coefficient (Wildman–Crippen LogP) is 13.5. The van der Waals surface area contributed by atoms with E-state index in [0.717, 1.165) is 35.9 Å². The zero-order valence-corrected chi connectivity index (χ0v) is 31.9. The number of hydrogen-bond acceptors (Lipinski definition) is 2. The third kappa shape index (κ3) is 9.54. The maximum Gasteiger partial charge on any atom is 0.0991 e. The van der Waals surface area contributed by atoms with Crippen molar-refractivity contribution in [3.05, 3.63) is 143 Å². The summed E-state index contributed by atoms with van der Waals surface area (Å²) in [6, 6.07) is 39.4. The summed E-state index contributed by atoms with van der Waals surface area (Å²) in [5.41, 5.74) is 14.4. The van der Waals surface area contributed by atoms with Crippen molar-refractivity contribution in [2.45, 2.75) is 118 Å². The van der Waals surface area contributed by atoms with Gasteiger partial charge in [-0.2, -0.15) is 5.26 Å². The third-order valence-electron chi connectivity index (χ3n) is 10.5. The second-order valence-corrected chi connectivity index (χ2v) is 12.3. The maximum atomic E-state index is 9.37. The summed E-state index contributed by atoms with van der Waals surface area (Å²) in [4.78, 5) is 0. The summed E-state index contributed by atoms with van der Waals surface area (Å²) < 4.78 is 0. The van der Waals surface area contributed by atoms with Gasteiger partial charge in [0.15, 0.2) is 0 Å². The minimum absolute atomic E-state index is 0.0203. The molecule has 262 valence electrons. The topological polar surface area (TPSA) is 49.8 Å². The summed E-state index contributed by atoms with van der Waals surface area (Å²) in [7, 11) is 0. The Balaban J connectivity index is 0.000000973. The number of nitrogens with zero attached hydrogens (tertiary/aromatic N) is 1. The van der Waals surface area contributed by atoms with E-state index >= 15 is 0 Å². The highest BCUT2D eigenvalue weighted by atomic mass is 14.5. The van der Waals surface area contributed by atoms with Gasteiger partial charge in [-0.25, -0.2) is 0 Å². The molecule has 2 fully saturated rings. The van der Waals surface area contributed by atoms with E-state index in [-0.39, 0.29) is 10.8 Å². The average molecular weight is 657 g/mol. The van der Waals surface area contributed by atoms with Crippen molar-refractivity contribution in [3.8, 4) is 6.07 Å². The number of nitrogens with two attached hydrogens (primary N) is 1. The van der Waals surface area contributed by atoms with Crippen LogP contribution in [0.4, 0.5) is 5.69 Å². The first-order valence-electron chi connectivity index (χ1n) is 19.2. The number of rotatable bonds is 6. The van der Waals surface area contributed by atoms with Gasteiger partial charge in [0, 0.05) is 16.5 Å². The largest absolute Gasteiger partial charge is 0.399 e. The highest BCUT2D eigenvalue weighted by Crippen LogP contribution is 2.53. The summed E-state index contributed by atoms with van der Waals surface area (Å²) in [6.07, 6.45) is 11.6. The van der Waals surface area contributed by atoms with Crippen LogP contribution in [0.3, 0.4) is 0 Å². The summed E-state index contributed by atoms with van der Waals surface area (Å²) >= 11 is 0. The van der Waals surface area contributed by atoms with E-state index in [4.69, 9.17) is 5.73 Å².